The Bertz CT molecular complexity index is 27.2. The topological polar surface area (TPSA) is 0 Å². The second kappa shape index (κ2) is 3.83. The maximum Gasteiger partial charge on any atom is 0.0149 e. The normalized spacial score (nSPS) is 14.0. The number of rotatable bonds is 2. The first kappa shape index (κ1) is 6.65. The van der Waals surface area contributed by atoms with Gasteiger partial charge in [0.05, 0.1) is 0 Å². The van der Waals surface area contributed by atoms with E-state index in [1.165, 1.54) is 0 Å². The fourth-order valence-corrected chi connectivity index (χ4v) is 15.6. The molecule has 0 aromatic heterocycles. The van der Waals surface area contributed by atoms with Crippen molar-refractivity contribution in [1.82, 2.24) is 0 Å². The summed E-state index contributed by atoms with van der Waals surface area (Å²) in [6, 6.07) is 0. The van der Waals surface area contributed by atoms with Crippen molar-refractivity contribution in [1.29, 1.82) is 0 Å². The summed E-state index contributed by atoms with van der Waals surface area (Å²) in [5.74, 6) is 0. The Morgan fingerprint density at radius 2 is 1.83 bits per heavy atom. The van der Waals surface area contributed by atoms with Crippen LogP contribution in [0.1, 0.15) is 0 Å². The highest BCUT2D eigenvalue weighted by Crippen LogP contribution is 1.70. The van der Waals surface area contributed by atoms with E-state index in [0.29, 0.717) is 17.6 Å². The lowest BCUT2D eigenvalue weighted by Gasteiger charge is -1.91. The Morgan fingerprint density at radius 3 is 1.83 bits per heavy atom. The van der Waals surface area contributed by atoms with E-state index in [0.717, 1.165) is 0 Å². The minimum Gasteiger partial charge on any atom is -0.0773 e. The highest BCUT2D eigenvalue weighted by atomic mass is 29.5. The molecule has 38 valence electrons. The molecule has 0 aromatic rings. The van der Waals surface area contributed by atoms with Crippen LogP contribution in [0.4, 0.5) is 0 Å². The second-order valence-electron chi connectivity index (χ2n) is 2.18. The Morgan fingerprint density at radius 1 is 1.33 bits per heavy atom. The summed E-state index contributed by atoms with van der Waals surface area (Å²) in [6.45, 7) is 7.44. The van der Waals surface area contributed by atoms with Crippen molar-refractivity contribution in [2.45, 2.75) is 19.6 Å². The molecule has 0 aliphatic carbocycles. The zero-order valence-electron chi connectivity index (χ0n) is 4.99. The van der Waals surface area contributed by atoms with Crippen LogP contribution in [0.25, 0.3) is 0 Å². The van der Waals surface area contributed by atoms with E-state index in [9.17, 15) is 0 Å². The van der Waals surface area contributed by atoms with Gasteiger partial charge >= 0.3 is 0 Å². The Hall–Kier alpha value is 0.651. The van der Waals surface area contributed by atoms with E-state index in [1.54, 1.807) is 0 Å². The van der Waals surface area contributed by atoms with Gasteiger partial charge in [-0.1, -0.05) is 19.6 Å². The summed E-state index contributed by atoms with van der Waals surface area (Å²) in [5.41, 5.74) is 0. The van der Waals surface area contributed by atoms with Gasteiger partial charge in [0.1, 0.15) is 0 Å². The molecule has 6 heavy (non-hydrogen) atoms. The van der Waals surface area contributed by atoms with Gasteiger partial charge in [-0.05, 0) is 0 Å². The van der Waals surface area contributed by atoms with Crippen LogP contribution in [-0.4, -0.2) is 25.9 Å². The summed E-state index contributed by atoms with van der Waals surface area (Å²) in [6.07, 6.45) is 0. The SMILES string of the molecule is C[SiH2][SiH2][SiH](C)C. The lowest BCUT2D eigenvalue weighted by molar-refractivity contribution is 2.10. The molecule has 0 bridgehead atoms. The van der Waals surface area contributed by atoms with Gasteiger partial charge in [-0.2, -0.15) is 0 Å². The van der Waals surface area contributed by atoms with Crippen molar-refractivity contribution in [3.05, 3.63) is 0 Å². The van der Waals surface area contributed by atoms with Gasteiger partial charge in [0, 0.05) is 25.9 Å². The van der Waals surface area contributed by atoms with Crippen LogP contribution in [-0.2, 0) is 0 Å². The van der Waals surface area contributed by atoms with Crippen LogP contribution in [0.5, 0.6) is 0 Å². The van der Waals surface area contributed by atoms with E-state index < -0.39 is 0 Å². The third-order valence-corrected chi connectivity index (χ3v) is 23.4. The van der Waals surface area contributed by atoms with Crippen LogP contribution < -0.4 is 0 Å². The summed E-state index contributed by atoms with van der Waals surface area (Å²) < 4.78 is 0. The third-order valence-electron chi connectivity index (χ3n) is 0.866. The largest absolute Gasteiger partial charge is 0.0773 e. The summed E-state index contributed by atoms with van der Waals surface area (Å²) in [5, 5.41) is 0. The maximum atomic E-state index is 2.49. The van der Waals surface area contributed by atoms with E-state index in [-0.39, 0.29) is 8.31 Å². The molecular weight excluding hydrogens is 120 g/mol. The van der Waals surface area contributed by atoms with Gasteiger partial charge in [0.2, 0.25) is 0 Å². The fraction of sp³-hybridized carbons (Fsp3) is 1.00. The molecule has 0 spiro atoms. The average Bonchev–Trinajstić information content (AvgIpc) is 1.35. The van der Waals surface area contributed by atoms with Crippen molar-refractivity contribution in [2.75, 3.05) is 0 Å². The molecule has 0 fully saturated rings. The Labute approximate surface area is 46.2 Å². The highest BCUT2D eigenvalue weighted by molar-refractivity contribution is 7.35. The average molecular weight is 134 g/mol. The van der Waals surface area contributed by atoms with Crippen molar-refractivity contribution < 1.29 is 0 Å². The molecule has 0 aliphatic heterocycles. The van der Waals surface area contributed by atoms with Crippen LogP contribution in [0, 0.1) is 0 Å². The van der Waals surface area contributed by atoms with E-state index in [4.69, 9.17) is 0 Å². The maximum absolute atomic E-state index is 2.49. The zero-order chi connectivity index (χ0) is 4.99. The minimum absolute atomic E-state index is 0.0301. The van der Waals surface area contributed by atoms with Crippen molar-refractivity contribution >= 4 is 25.9 Å². The Kier molecular flexibility index (Phi) is 4.24. The molecule has 0 unspecified atom stereocenters. The lowest BCUT2D eigenvalue weighted by Crippen LogP contribution is -2.17. The molecule has 0 aliphatic rings. The lowest BCUT2D eigenvalue weighted by atomic mass is 11.9. The van der Waals surface area contributed by atoms with Crippen molar-refractivity contribution in [2.24, 2.45) is 0 Å². The van der Waals surface area contributed by atoms with Gasteiger partial charge < -0.3 is 0 Å². The van der Waals surface area contributed by atoms with E-state index in [2.05, 4.69) is 19.6 Å². The molecule has 0 aromatic carbocycles. The quantitative estimate of drug-likeness (QED) is 0.437. The van der Waals surface area contributed by atoms with Gasteiger partial charge in [-0.3, -0.25) is 0 Å². The first-order chi connectivity index (χ1) is 2.77. The highest BCUT2D eigenvalue weighted by Gasteiger charge is 1.89. The van der Waals surface area contributed by atoms with E-state index in [1.807, 2.05) is 0 Å². The molecule has 0 radical (unpaired) electrons. The predicted octanol–water partition coefficient (Wildman–Crippen LogP) is -0.730. The molecule has 3 heteroatoms. The standard InChI is InChI=1S/C3H14Si3/c1-4-5-6(2)3/h6H,4-5H2,1-3H3. The number of hydrogen-bond donors (Lipinski definition) is 0. The molecule has 0 saturated heterocycles. The fourth-order valence-electron chi connectivity index (χ4n) is 0.577. The minimum atomic E-state index is 0.0301. The first-order valence-corrected chi connectivity index (χ1v) is 13.8. The van der Waals surface area contributed by atoms with Crippen LogP contribution in [0.3, 0.4) is 0 Å². The van der Waals surface area contributed by atoms with Gasteiger partial charge in [0.25, 0.3) is 0 Å². The first-order valence-electron chi connectivity index (χ1n) is 2.77. The molecule has 0 heterocycles. The molecule has 0 nitrogen and oxygen atoms in total. The second-order valence-corrected chi connectivity index (χ2v) is 21.4. The van der Waals surface area contributed by atoms with E-state index >= 15 is 0 Å². The molecule has 0 rings (SSSR count). The Balaban J connectivity index is 2.63. The smallest absolute Gasteiger partial charge is 0.0149 e. The monoisotopic (exact) mass is 134 g/mol. The third kappa shape index (κ3) is 4.65. The summed E-state index contributed by atoms with van der Waals surface area (Å²) in [4.78, 5) is 0. The van der Waals surface area contributed by atoms with Crippen molar-refractivity contribution in [3.63, 3.8) is 0 Å². The van der Waals surface area contributed by atoms with Crippen molar-refractivity contribution in [3.8, 4) is 0 Å². The van der Waals surface area contributed by atoms with Gasteiger partial charge in [0.15, 0.2) is 0 Å². The summed E-state index contributed by atoms with van der Waals surface area (Å²) in [7, 11) is 1.23. The number of hydrogen-bond acceptors (Lipinski definition) is 0. The van der Waals surface area contributed by atoms with Crippen LogP contribution in [0.2, 0.25) is 19.6 Å². The predicted molar refractivity (Wildman–Crippen MR) is 41.8 cm³/mol. The van der Waals surface area contributed by atoms with Gasteiger partial charge in [-0.25, -0.2) is 0 Å². The molecule has 0 atom stereocenters. The summed E-state index contributed by atoms with van der Waals surface area (Å²) >= 11 is 0. The molecule has 0 amide bonds. The molecular formula is C3H14Si3. The van der Waals surface area contributed by atoms with Crippen LogP contribution in [0.15, 0.2) is 0 Å². The van der Waals surface area contributed by atoms with Crippen LogP contribution >= 0.6 is 0 Å². The zero-order valence-corrected chi connectivity index (χ0v) is 8.97. The molecule has 0 N–H and O–H groups in total. The molecule has 0 saturated carbocycles. The van der Waals surface area contributed by atoms with Gasteiger partial charge in [-0.15, -0.1) is 0 Å².